The van der Waals surface area contributed by atoms with Crippen molar-refractivity contribution >= 4 is 5.97 Å². The number of imidazole rings is 1. The van der Waals surface area contributed by atoms with Gasteiger partial charge in [-0.05, 0) is 18.6 Å². The maximum Gasteiger partial charge on any atom is 0.307 e. The highest BCUT2D eigenvalue weighted by molar-refractivity contribution is 5.70. The summed E-state index contributed by atoms with van der Waals surface area (Å²) in [4.78, 5) is 15.5. The van der Waals surface area contributed by atoms with Crippen LogP contribution in [0.5, 0.6) is 5.75 Å². The lowest BCUT2D eigenvalue weighted by Gasteiger charge is -2.19. The molecule has 98 valence electrons. The van der Waals surface area contributed by atoms with E-state index in [4.69, 9.17) is 5.11 Å². The fourth-order valence-electron chi connectivity index (χ4n) is 2.44. The zero-order chi connectivity index (χ0) is 13.4. The number of hydrogen-bond donors (Lipinski definition) is 2. The molecule has 1 aromatic carbocycles. The van der Waals surface area contributed by atoms with Crippen molar-refractivity contribution in [3.8, 4) is 17.0 Å². The lowest BCUT2D eigenvalue weighted by atomic mass is 9.98. The maximum atomic E-state index is 11.0. The van der Waals surface area contributed by atoms with Crippen molar-refractivity contribution < 1.29 is 15.0 Å². The van der Waals surface area contributed by atoms with Crippen LogP contribution in [0.1, 0.15) is 12.2 Å². The molecule has 3 rings (SSSR count). The summed E-state index contributed by atoms with van der Waals surface area (Å²) < 4.78 is 2.00. The summed E-state index contributed by atoms with van der Waals surface area (Å²) in [5, 5.41) is 18.5. The summed E-state index contributed by atoms with van der Waals surface area (Å²) in [6.07, 6.45) is 3.02. The first kappa shape index (κ1) is 11.8. The Bertz CT molecular complexity index is 633. The van der Waals surface area contributed by atoms with Gasteiger partial charge in [-0.2, -0.15) is 0 Å². The third-order valence-electron chi connectivity index (χ3n) is 3.50. The SMILES string of the molecule is O=C(O)C1CCn2cc(-c3cccc(O)c3)nc2C1. The van der Waals surface area contributed by atoms with E-state index in [2.05, 4.69) is 4.98 Å². The summed E-state index contributed by atoms with van der Waals surface area (Å²) in [7, 11) is 0. The minimum absolute atomic E-state index is 0.201. The Labute approximate surface area is 110 Å². The second-order valence-electron chi connectivity index (χ2n) is 4.81. The van der Waals surface area contributed by atoms with Crippen LogP contribution in [0.2, 0.25) is 0 Å². The van der Waals surface area contributed by atoms with Gasteiger partial charge < -0.3 is 14.8 Å². The van der Waals surface area contributed by atoms with Crippen LogP contribution in [0.15, 0.2) is 30.5 Å². The molecule has 5 nitrogen and oxygen atoms in total. The smallest absolute Gasteiger partial charge is 0.307 e. The minimum Gasteiger partial charge on any atom is -0.508 e. The van der Waals surface area contributed by atoms with Gasteiger partial charge in [-0.3, -0.25) is 4.79 Å². The highest BCUT2D eigenvalue weighted by atomic mass is 16.4. The molecule has 0 bridgehead atoms. The number of aromatic nitrogens is 2. The molecule has 0 fully saturated rings. The molecule has 0 saturated carbocycles. The summed E-state index contributed by atoms with van der Waals surface area (Å²) in [6.45, 7) is 0.679. The molecule has 0 radical (unpaired) electrons. The van der Waals surface area contributed by atoms with Crippen molar-refractivity contribution in [2.45, 2.75) is 19.4 Å². The van der Waals surface area contributed by atoms with Crippen LogP contribution >= 0.6 is 0 Å². The number of phenolic OH excluding ortho intramolecular Hbond substituents is 1. The van der Waals surface area contributed by atoms with E-state index >= 15 is 0 Å². The highest BCUT2D eigenvalue weighted by Crippen LogP contribution is 2.26. The molecule has 2 N–H and O–H groups in total. The van der Waals surface area contributed by atoms with Gasteiger partial charge in [-0.1, -0.05) is 12.1 Å². The Kier molecular flexibility index (Phi) is 2.74. The molecule has 1 aromatic heterocycles. The molecule has 1 aliphatic heterocycles. The van der Waals surface area contributed by atoms with E-state index in [1.165, 1.54) is 0 Å². The number of phenols is 1. The van der Waals surface area contributed by atoms with E-state index in [0.29, 0.717) is 19.4 Å². The van der Waals surface area contributed by atoms with Gasteiger partial charge in [0.25, 0.3) is 0 Å². The van der Waals surface area contributed by atoms with Crippen LogP contribution in [-0.2, 0) is 17.8 Å². The number of rotatable bonds is 2. The molecular formula is C14H14N2O3. The average molecular weight is 258 g/mol. The van der Waals surface area contributed by atoms with Crippen molar-refractivity contribution in [2.24, 2.45) is 5.92 Å². The van der Waals surface area contributed by atoms with Crippen molar-refractivity contribution in [1.82, 2.24) is 9.55 Å². The van der Waals surface area contributed by atoms with Gasteiger partial charge in [0.2, 0.25) is 0 Å². The van der Waals surface area contributed by atoms with E-state index in [0.717, 1.165) is 17.1 Å². The van der Waals surface area contributed by atoms with Crippen LogP contribution in [0.25, 0.3) is 11.3 Å². The molecule has 0 saturated heterocycles. The van der Waals surface area contributed by atoms with Crippen LogP contribution in [-0.4, -0.2) is 25.7 Å². The zero-order valence-corrected chi connectivity index (χ0v) is 10.3. The van der Waals surface area contributed by atoms with Crippen molar-refractivity contribution in [1.29, 1.82) is 0 Å². The number of aromatic hydroxyl groups is 1. The van der Waals surface area contributed by atoms with Gasteiger partial charge in [-0.15, -0.1) is 0 Å². The fraction of sp³-hybridized carbons (Fsp3) is 0.286. The zero-order valence-electron chi connectivity index (χ0n) is 10.3. The number of benzene rings is 1. The standard InChI is InChI=1S/C14H14N2O3/c17-11-3-1-2-9(6-11)12-8-16-5-4-10(14(18)19)7-13(16)15-12/h1-3,6,8,10,17H,4-5,7H2,(H,18,19). The summed E-state index contributed by atoms with van der Waals surface area (Å²) in [6, 6.07) is 6.91. The average Bonchev–Trinajstić information content (AvgIpc) is 2.81. The molecule has 0 spiro atoms. The molecule has 1 aliphatic rings. The maximum absolute atomic E-state index is 11.0. The predicted molar refractivity (Wildman–Crippen MR) is 68.8 cm³/mol. The minimum atomic E-state index is -0.756. The largest absolute Gasteiger partial charge is 0.508 e. The molecule has 1 unspecified atom stereocenters. The van der Waals surface area contributed by atoms with Gasteiger partial charge in [0.1, 0.15) is 11.6 Å². The van der Waals surface area contributed by atoms with E-state index in [-0.39, 0.29) is 11.7 Å². The van der Waals surface area contributed by atoms with E-state index in [9.17, 15) is 9.90 Å². The fourth-order valence-corrected chi connectivity index (χ4v) is 2.44. The Morgan fingerprint density at radius 3 is 3.00 bits per heavy atom. The van der Waals surface area contributed by atoms with Crippen LogP contribution in [0.3, 0.4) is 0 Å². The van der Waals surface area contributed by atoms with Crippen LogP contribution in [0, 0.1) is 5.92 Å². The summed E-state index contributed by atoms with van der Waals surface area (Å²) in [5.41, 5.74) is 1.62. The molecule has 1 atom stereocenters. The normalized spacial score (nSPS) is 18.0. The van der Waals surface area contributed by atoms with E-state index < -0.39 is 5.97 Å². The molecule has 0 aliphatic carbocycles. The first-order chi connectivity index (χ1) is 9.13. The monoisotopic (exact) mass is 258 g/mol. The highest BCUT2D eigenvalue weighted by Gasteiger charge is 2.25. The molecule has 19 heavy (non-hydrogen) atoms. The number of aliphatic carboxylic acids is 1. The van der Waals surface area contributed by atoms with Crippen LogP contribution < -0.4 is 0 Å². The lowest BCUT2D eigenvalue weighted by molar-refractivity contribution is -0.142. The number of hydrogen-bond acceptors (Lipinski definition) is 3. The Hall–Kier alpha value is -2.30. The molecule has 2 aromatic rings. The first-order valence-electron chi connectivity index (χ1n) is 6.22. The number of aryl methyl sites for hydroxylation is 1. The van der Waals surface area contributed by atoms with Crippen molar-refractivity contribution in [3.63, 3.8) is 0 Å². The molecule has 5 heteroatoms. The second kappa shape index (κ2) is 4.42. The summed E-state index contributed by atoms with van der Waals surface area (Å²) in [5.74, 6) is -0.0936. The van der Waals surface area contributed by atoms with Gasteiger partial charge in [-0.25, -0.2) is 4.98 Å². The van der Waals surface area contributed by atoms with Gasteiger partial charge in [0, 0.05) is 24.7 Å². The van der Waals surface area contributed by atoms with Crippen molar-refractivity contribution in [3.05, 3.63) is 36.3 Å². The first-order valence-corrected chi connectivity index (χ1v) is 6.22. The summed E-state index contributed by atoms with van der Waals surface area (Å²) >= 11 is 0. The quantitative estimate of drug-likeness (QED) is 0.862. The topological polar surface area (TPSA) is 75.3 Å². The Balaban J connectivity index is 1.93. The third kappa shape index (κ3) is 2.19. The van der Waals surface area contributed by atoms with Crippen molar-refractivity contribution in [2.75, 3.05) is 0 Å². The predicted octanol–water partition coefficient (Wildman–Crippen LogP) is 1.90. The third-order valence-corrected chi connectivity index (χ3v) is 3.50. The number of nitrogens with zero attached hydrogens (tertiary/aromatic N) is 2. The molecular weight excluding hydrogens is 244 g/mol. The van der Waals surface area contributed by atoms with E-state index in [1.807, 2.05) is 16.8 Å². The Morgan fingerprint density at radius 1 is 1.42 bits per heavy atom. The number of carboxylic acid groups (broad SMARTS) is 1. The number of fused-ring (bicyclic) bond motifs is 1. The van der Waals surface area contributed by atoms with Gasteiger partial charge in [0.05, 0.1) is 11.6 Å². The second-order valence-corrected chi connectivity index (χ2v) is 4.81. The van der Waals surface area contributed by atoms with Gasteiger partial charge >= 0.3 is 5.97 Å². The van der Waals surface area contributed by atoms with E-state index in [1.54, 1.807) is 18.2 Å². The number of carboxylic acids is 1. The lowest BCUT2D eigenvalue weighted by Crippen LogP contribution is -2.25. The number of carbonyl (C=O) groups is 1. The molecule has 2 heterocycles. The van der Waals surface area contributed by atoms with Crippen LogP contribution in [0.4, 0.5) is 0 Å². The van der Waals surface area contributed by atoms with Gasteiger partial charge in [0.15, 0.2) is 0 Å². The molecule has 0 amide bonds. The Morgan fingerprint density at radius 2 is 2.26 bits per heavy atom.